The first-order chi connectivity index (χ1) is 11.0. The largest absolute Gasteiger partial charge is 0.468 e. The van der Waals surface area contributed by atoms with Crippen molar-refractivity contribution in [3.05, 3.63) is 58.5 Å². The van der Waals surface area contributed by atoms with Gasteiger partial charge in [0.05, 0.1) is 12.0 Å². The van der Waals surface area contributed by atoms with Crippen molar-refractivity contribution in [2.24, 2.45) is 21.7 Å². The predicted molar refractivity (Wildman–Crippen MR) is 83.2 cm³/mol. The molecule has 0 amide bonds. The van der Waals surface area contributed by atoms with Crippen LogP contribution >= 0.6 is 0 Å². The number of aryl methyl sites for hydroxylation is 1. The summed E-state index contributed by atoms with van der Waals surface area (Å²) in [5.41, 5.74) is 13.5. The number of nitrogens with two attached hydrogens (primary N) is 2. The molecule has 0 bridgehead atoms. The molecule has 4 N–H and O–H groups in total. The zero-order valence-electron chi connectivity index (χ0n) is 12.5. The number of halogens is 2. The van der Waals surface area contributed by atoms with Crippen LogP contribution < -0.4 is 11.5 Å². The van der Waals surface area contributed by atoms with E-state index in [4.69, 9.17) is 15.9 Å². The second kappa shape index (κ2) is 5.83. The van der Waals surface area contributed by atoms with Gasteiger partial charge in [-0.15, -0.1) is 5.10 Å². The van der Waals surface area contributed by atoms with E-state index in [1.807, 2.05) is 6.92 Å². The molecule has 1 atom stereocenters. The molecular weight excluding hydrogens is 302 g/mol. The molecule has 0 radical (unpaired) electrons. The van der Waals surface area contributed by atoms with Crippen LogP contribution in [0.4, 0.5) is 8.78 Å². The molecule has 0 fully saturated rings. The maximum Gasteiger partial charge on any atom is 0.211 e. The fraction of sp³-hybridized carbons (Fsp3) is 0.250. The minimum atomic E-state index is -0.606. The first kappa shape index (κ1) is 15.2. The molecule has 5 nitrogen and oxygen atoms in total. The van der Waals surface area contributed by atoms with E-state index in [2.05, 4.69) is 10.2 Å². The molecule has 3 rings (SSSR count). The molecular formula is C16H16F2N4O. The van der Waals surface area contributed by atoms with Crippen LogP contribution in [-0.4, -0.2) is 11.7 Å². The number of fused-ring (bicyclic) bond motifs is 1. The fourth-order valence-corrected chi connectivity index (χ4v) is 2.93. The second-order valence-corrected chi connectivity index (χ2v) is 5.56. The molecule has 1 aromatic carbocycles. The average Bonchev–Trinajstić information content (AvgIpc) is 2.86. The lowest BCUT2D eigenvalue weighted by molar-refractivity contribution is 0.471. The van der Waals surface area contributed by atoms with Crippen LogP contribution in [-0.2, 0) is 6.42 Å². The number of benzene rings is 1. The summed E-state index contributed by atoms with van der Waals surface area (Å²) in [6, 6.07) is 3.58. The number of furan rings is 1. The molecule has 0 aliphatic heterocycles. The Bertz CT molecular complexity index is 806. The van der Waals surface area contributed by atoms with E-state index in [0.717, 1.165) is 17.2 Å². The third kappa shape index (κ3) is 2.94. The monoisotopic (exact) mass is 318 g/mol. The quantitative estimate of drug-likeness (QED) is 0.506. The summed E-state index contributed by atoms with van der Waals surface area (Å²) in [5.74, 6) is -0.863. The van der Waals surface area contributed by atoms with Crippen molar-refractivity contribution in [1.82, 2.24) is 0 Å². The van der Waals surface area contributed by atoms with E-state index in [-0.39, 0.29) is 11.9 Å². The Labute approximate surface area is 131 Å². The van der Waals surface area contributed by atoms with Crippen molar-refractivity contribution in [1.29, 1.82) is 0 Å². The van der Waals surface area contributed by atoms with Gasteiger partial charge in [-0.3, -0.25) is 0 Å². The molecule has 120 valence electrons. The number of nitrogens with zero attached hydrogens (tertiary/aromatic N) is 2. The van der Waals surface area contributed by atoms with Crippen molar-refractivity contribution in [2.45, 2.75) is 25.7 Å². The van der Waals surface area contributed by atoms with Gasteiger partial charge in [0.1, 0.15) is 17.4 Å². The van der Waals surface area contributed by atoms with Gasteiger partial charge in [0.15, 0.2) is 0 Å². The van der Waals surface area contributed by atoms with Gasteiger partial charge in [0.2, 0.25) is 5.96 Å². The molecule has 1 unspecified atom stereocenters. The highest BCUT2D eigenvalue weighted by Crippen LogP contribution is 2.36. The number of hydrogen-bond acceptors (Lipinski definition) is 3. The minimum Gasteiger partial charge on any atom is -0.468 e. The van der Waals surface area contributed by atoms with Gasteiger partial charge in [0.25, 0.3) is 0 Å². The highest BCUT2D eigenvalue weighted by Gasteiger charge is 2.30. The highest BCUT2D eigenvalue weighted by molar-refractivity contribution is 6.04. The van der Waals surface area contributed by atoms with E-state index in [1.54, 1.807) is 6.26 Å². The van der Waals surface area contributed by atoms with Gasteiger partial charge in [-0.2, -0.15) is 5.10 Å². The molecule has 1 heterocycles. The maximum atomic E-state index is 14.1. The highest BCUT2D eigenvalue weighted by atomic mass is 19.1. The summed E-state index contributed by atoms with van der Waals surface area (Å²) in [7, 11) is 0. The van der Waals surface area contributed by atoms with E-state index in [1.165, 1.54) is 12.1 Å². The van der Waals surface area contributed by atoms with Crippen LogP contribution in [0.15, 0.2) is 39.1 Å². The molecule has 1 aromatic heterocycles. The number of rotatable bonds is 2. The molecule has 1 aliphatic carbocycles. The fourth-order valence-electron chi connectivity index (χ4n) is 2.93. The minimum absolute atomic E-state index is 0.157. The van der Waals surface area contributed by atoms with Gasteiger partial charge in [0, 0.05) is 18.1 Å². The maximum absolute atomic E-state index is 14.1. The molecule has 0 saturated carbocycles. The van der Waals surface area contributed by atoms with E-state index < -0.39 is 11.6 Å². The topological polar surface area (TPSA) is 89.9 Å². The number of hydrogen-bond donors (Lipinski definition) is 2. The third-order valence-electron chi connectivity index (χ3n) is 3.90. The standard InChI is InChI=1S/C16H16F2N4O/c1-8-7-23-14-5-9(11-3-2-10(17)6-12(11)18)4-13(15(8)14)21-22-16(19)20/h2-3,6-7,9H,4-5H2,1H3,(H4,19,20,22). The van der Waals surface area contributed by atoms with E-state index >= 15 is 0 Å². The predicted octanol–water partition coefficient (Wildman–Crippen LogP) is 2.57. The van der Waals surface area contributed by atoms with E-state index in [0.29, 0.717) is 29.9 Å². The lowest BCUT2D eigenvalue weighted by Gasteiger charge is -2.23. The molecule has 1 aliphatic rings. The lowest BCUT2D eigenvalue weighted by atomic mass is 9.81. The summed E-state index contributed by atoms with van der Waals surface area (Å²) in [4.78, 5) is 0. The molecule has 0 spiro atoms. The Morgan fingerprint density at radius 1 is 1.26 bits per heavy atom. The average molecular weight is 318 g/mol. The summed E-state index contributed by atoms with van der Waals surface area (Å²) in [6.45, 7) is 1.90. The van der Waals surface area contributed by atoms with Crippen molar-refractivity contribution >= 4 is 11.7 Å². The van der Waals surface area contributed by atoms with Crippen LogP contribution in [0, 0.1) is 18.6 Å². The molecule has 0 saturated heterocycles. The van der Waals surface area contributed by atoms with Crippen LogP contribution in [0.5, 0.6) is 0 Å². The van der Waals surface area contributed by atoms with Gasteiger partial charge in [-0.05, 0) is 36.5 Å². The summed E-state index contributed by atoms with van der Waals surface area (Å²) in [5, 5.41) is 7.78. The van der Waals surface area contributed by atoms with Crippen molar-refractivity contribution in [2.75, 3.05) is 0 Å². The molecule has 23 heavy (non-hydrogen) atoms. The summed E-state index contributed by atoms with van der Waals surface area (Å²) < 4.78 is 32.7. The lowest BCUT2D eigenvalue weighted by Crippen LogP contribution is -2.23. The van der Waals surface area contributed by atoms with Crippen LogP contribution in [0.25, 0.3) is 0 Å². The molecule has 7 heteroatoms. The van der Waals surface area contributed by atoms with Gasteiger partial charge < -0.3 is 15.9 Å². The van der Waals surface area contributed by atoms with Gasteiger partial charge >= 0.3 is 0 Å². The SMILES string of the molecule is Cc1coc2c1C(=NN=C(N)N)CC(c1ccc(F)cc1F)C2. The van der Waals surface area contributed by atoms with Gasteiger partial charge in [-0.25, -0.2) is 8.78 Å². The Morgan fingerprint density at radius 3 is 2.74 bits per heavy atom. The van der Waals surface area contributed by atoms with Crippen molar-refractivity contribution in [3.63, 3.8) is 0 Å². The van der Waals surface area contributed by atoms with Crippen LogP contribution in [0.1, 0.15) is 34.8 Å². The zero-order valence-corrected chi connectivity index (χ0v) is 12.5. The number of guanidine groups is 1. The van der Waals surface area contributed by atoms with Crippen LogP contribution in [0.3, 0.4) is 0 Å². The summed E-state index contributed by atoms with van der Waals surface area (Å²) >= 11 is 0. The first-order valence-electron chi connectivity index (χ1n) is 7.13. The Kier molecular flexibility index (Phi) is 3.85. The van der Waals surface area contributed by atoms with Crippen molar-refractivity contribution < 1.29 is 13.2 Å². The summed E-state index contributed by atoms with van der Waals surface area (Å²) in [6.07, 6.45) is 2.57. The second-order valence-electron chi connectivity index (χ2n) is 5.56. The third-order valence-corrected chi connectivity index (χ3v) is 3.90. The Hall–Kier alpha value is -2.70. The Balaban J connectivity index is 2.04. The smallest absolute Gasteiger partial charge is 0.211 e. The zero-order chi connectivity index (χ0) is 16.6. The van der Waals surface area contributed by atoms with Crippen LogP contribution in [0.2, 0.25) is 0 Å². The van der Waals surface area contributed by atoms with E-state index in [9.17, 15) is 8.78 Å². The Morgan fingerprint density at radius 2 is 2.04 bits per heavy atom. The van der Waals surface area contributed by atoms with Crippen molar-refractivity contribution in [3.8, 4) is 0 Å². The first-order valence-corrected chi connectivity index (χ1v) is 7.13. The van der Waals surface area contributed by atoms with Gasteiger partial charge in [-0.1, -0.05) is 6.07 Å². The normalized spacial score (nSPS) is 18.7. The molecule has 2 aromatic rings.